The van der Waals surface area contributed by atoms with E-state index in [0.29, 0.717) is 5.69 Å². The van der Waals surface area contributed by atoms with E-state index in [1.54, 1.807) is 16.8 Å². The molecule has 0 saturated carbocycles. The number of aromatic nitrogens is 1. The number of thiazole rings is 1. The summed E-state index contributed by atoms with van der Waals surface area (Å²) in [6, 6.07) is 1.55. The molecule has 0 radical (unpaired) electrons. The zero-order valence-corrected chi connectivity index (χ0v) is 10.6. The maximum absolute atomic E-state index is 11.4. The van der Waals surface area contributed by atoms with E-state index in [2.05, 4.69) is 13.9 Å². The summed E-state index contributed by atoms with van der Waals surface area (Å²) in [5, 5.41) is 4.68. The Balaban J connectivity index is 2.05. The monoisotopic (exact) mass is 290 g/mol. The van der Waals surface area contributed by atoms with Crippen LogP contribution in [-0.4, -0.2) is 19.4 Å². The van der Waals surface area contributed by atoms with Crippen molar-refractivity contribution in [3.05, 3.63) is 33.4 Å². The fraction of sp³-hybridized carbons (Fsp3) is 0. The zero-order valence-electron chi connectivity index (χ0n) is 8.19. The van der Waals surface area contributed by atoms with Gasteiger partial charge in [-0.1, -0.05) is 0 Å². The minimum atomic E-state index is -4.16. The lowest BCUT2D eigenvalue weighted by atomic mass is 10.5. The summed E-state index contributed by atoms with van der Waals surface area (Å²) in [5.74, 6) is -1.01. The Morgan fingerprint density at radius 2 is 2.18 bits per heavy atom. The van der Waals surface area contributed by atoms with Gasteiger partial charge in [0.1, 0.15) is 0 Å². The molecule has 17 heavy (non-hydrogen) atoms. The van der Waals surface area contributed by atoms with Gasteiger partial charge in [-0.15, -0.1) is 11.3 Å². The van der Waals surface area contributed by atoms with E-state index in [4.69, 9.17) is 0 Å². The van der Waals surface area contributed by atoms with Crippen molar-refractivity contribution >= 4 is 44.6 Å². The van der Waals surface area contributed by atoms with E-state index in [9.17, 15) is 13.2 Å². The van der Waals surface area contributed by atoms with Gasteiger partial charge in [-0.3, -0.25) is 4.72 Å². The molecule has 0 aliphatic carbocycles. The molecule has 9 heteroatoms. The lowest BCUT2D eigenvalue weighted by Gasteiger charge is -2.04. The Morgan fingerprint density at radius 1 is 1.35 bits per heavy atom. The molecule has 6 nitrogen and oxygen atoms in total. The molecule has 0 amide bonds. The van der Waals surface area contributed by atoms with Crippen molar-refractivity contribution in [1.29, 1.82) is 0 Å². The van der Waals surface area contributed by atoms with Crippen molar-refractivity contribution in [2.24, 2.45) is 0 Å². The summed E-state index contributed by atoms with van der Waals surface area (Å²) in [6.45, 7) is 0. The highest BCUT2D eigenvalue weighted by molar-refractivity contribution is 7.88. The third-order valence-electron chi connectivity index (χ3n) is 1.59. The highest BCUT2D eigenvalue weighted by atomic mass is 32.2. The first-order chi connectivity index (χ1) is 8.07. The van der Waals surface area contributed by atoms with E-state index in [-0.39, 0.29) is 5.69 Å². The SMILES string of the molecule is O=C(OS(=O)(=O)Nc1ccsc1)c1cscn1. The molecule has 0 bridgehead atoms. The van der Waals surface area contributed by atoms with Gasteiger partial charge in [0.25, 0.3) is 0 Å². The second-order valence-electron chi connectivity index (χ2n) is 2.81. The largest absolute Gasteiger partial charge is 0.410 e. The van der Waals surface area contributed by atoms with Crippen LogP contribution < -0.4 is 4.72 Å². The average molecular weight is 290 g/mol. The van der Waals surface area contributed by atoms with Gasteiger partial charge in [0, 0.05) is 10.8 Å². The Kier molecular flexibility index (Phi) is 3.41. The molecular formula is C8H6N2O4S3. The van der Waals surface area contributed by atoms with Crippen molar-refractivity contribution in [2.45, 2.75) is 0 Å². The van der Waals surface area contributed by atoms with Crippen LogP contribution in [0.15, 0.2) is 27.7 Å². The average Bonchev–Trinajstić information content (AvgIpc) is 2.85. The molecule has 2 aromatic heterocycles. The van der Waals surface area contributed by atoms with Crippen molar-refractivity contribution in [3.8, 4) is 0 Å². The van der Waals surface area contributed by atoms with Gasteiger partial charge in [0.15, 0.2) is 5.69 Å². The number of hydrogen-bond acceptors (Lipinski definition) is 7. The summed E-state index contributed by atoms with van der Waals surface area (Å²) >= 11 is 2.49. The number of carbonyl (C=O) groups excluding carboxylic acids is 1. The minimum Gasteiger partial charge on any atom is -0.324 e. The maximum Gasteiger partial charge on any atom is 0.410 e. The number of nitrogens with one attached hydrogen (secondary N) is 1. The van der Waals surface area contributed by atoms with Crippen molar-refractivity contribution < 1.29 is 17.4 Å². The van der Waals surface area contributed by atoms with Crippen LogP contribution in [0.25, 0.3) is 0 Å². The molecule has 0 aromatic carbocycles. The van der Waals surface area contributed by atoms with E-state index < -0.39 is 16.3 Å². The summed E-state index contributed by atoms with van der Waals surface area (Å²) in [4.78, 5) is 15.0. The van der Waals surface area contributed by atoms with Crippen LogP contribution >= 0.6 is 22.7 Å². The van der Waals surface area contributed by atoms with Crippen molar-refractivity contribution in [1.82, 2.24) is 4.98 Å². The Hall–Kier alpha value is -1.45. The van der Waals surface area contributed by atoms with Gasteiger partial charge in [0.05, 0.1) is 11.2 Å². The quantitative estimate of drug-likeness (QED) is 0.926. The Morgan fingerprint density at radius 3 is 2.76 bits per heavy atom. The fourth-order valence-electron chi connectivity index (χ4n) is 0.943. The molecule has 0 aliphatic rings. The van der Waals surface area contributed by atoms with Gasteiger partial charge in [-0.25, -0.2) is 9.78 Å². The van der Waals surface area contributed by atoms with Crippen molar-refractivity contribution in [3.63, 3.8) is 0 Å². The fourth-order valence-corrected chi connectivity index (χ4v) is 2.87. The molecule has 90 valence electrons. The lowest BCUT2D eigenvalue weighted by Crippen LogP contribution is -2.20. The number of rotatable bonds is 4. The molecule has 2 heterocycles. The van der Waals surface area contributed by atoms with E-state index in [0.717, 1.165) is 0 Å². The van der Waals surface area contributed by atoms with Crippen LogP contribution in [0, 0.1) is 0 Å². The normalized spacial score (nSPS) is 11.1. The van der Waals surface area contributed by atoms with Crippen LogP contribution in [0.5, 0.6) is 0 Å². The van der Waals surface area contributed by atoms with E-state index in [1.165, 1.54) is 33.6 Å². The molecule has 2 aromatic rings. The second-order valence-corrected chi connectivity index (χ2v) is 5.59. The van der Waals surface area contributed by atoms with Crippen molar-refractivity contribution in [2.75, 3.05) is 4.72 Å². The summed E-state index contributed by atoms with van der Waals surface area (Å²) < 4.78 is 29.3. The van der Waals surface area contributed by atoms with E-state index >= 15 is 0 Å². The van der Waals surface area contributed by atoms with Crippen LogP contribution in [0.4, 0.5) is 5.69 Å². The Labute approximate surface area is 105 Å². The highest BCUT2D eigenvalue weighted by Gasteiger charge is 2.20. The molecule has 0 spiro atoms. The first-order valence-electron chi connectivity index (χ1n) is 4.24. The third-order valence-corrected chi connectivity index (χ3v) is 3.72. The van der Waals surface area contributed by atoms with Crippen LogP contribution in [0.1, 0.15) is 10.5 Å². The number of carbonyl (C=O) groups is 1. The van der Waals surface area contributed by atoms with Gasteiger partial charge >= 0.3 is 16.3 Å². The minimum absolute atomic E-state index is 0.0364. The zero-order chi connectivity index (χ0) is 12.3. The standard InChI is InChI=1S/C8H6N2O4S3/c11-8(7-4-16-5-9-7)14-17(12,13)10-6-1-2-15-3-6/h1-5,10H. The van der Waals surface area contributed by atoms with Gasteiger partial charge < -0.3 is 4.18 Å². The van der Waals surface area contributed by atoms with Gasteiger partial charge in [-0.2, -0.15) is 19.8 Å². The van der Waals surface area contributed by atoms with Crippen LogP contribution in [-0.2, 0) is 14.5 Å². The number of anilines is 1. The predicted octanol–water partition coefficient (Wildman–Crippen LogP) is 1.72. The predicted molar refractivity (Wildman–Crippen MR) is 64.4 cm³/mol. The molecule has 2 rings (SSSR count). The van der Waals surface area contributed by atoms with E-state index in [1.807, 2.05) is 0 Å². The lowest BCUT2D eigenvalue weighted by molar-refractivity contribution is 0.0743. The molecule has 0 saturated heterocycles. The third kappa shape index (κ3) is 3.25. The number of hydrogen-bond donors (Lipinski definition) is 1. The first kappa shape index (κ1) is 12.0. The molecule has 1 N–H and O–H groups in total. The summed E-state index contributed by atoms with van der Waals surface area (Å²) in [5.41, 5.74) is 1.72. The molecule has 0 aliphatic heterocycles. The maximum atomic E-state index is 11.4. The van der Waals surface area contributed by atoms with Crippen LogP contribution in [0.2, 0.25) is 0 Å². The smallest absolute Gasteiger partial charge is 0.324 e. The molecule has 0 unspecified atom stereocenters. The number of nitrogens with zero attached hydrogens (tertiary/aromatic N) is 1. The van der Waals surface area contributed by atoms with Gasteiger partial charge in [0.2, 0.25) is 0 Å². The molecular weight excluding hydrogens is 284 g/mol. The van der Waals surface area contributed by atoms with Gasteiger partial charge in [-0.05, 0) is 11.4 Å². The molecule has 0 atom stereocenters. The highest BCUT2D eigenvalue weighted by Crippen LogP contribution is 2.15. The number of thiophene rings is 1. The summed E-state index contributed by atoms with van der Waals surface area (Å²) in [6.07, 6.45) is 0. The van der Waals surface area contributed by atoms with Crippen LogP contribution in [0.3, 0.4) is 0 Å². The molecule has 0 fully saturated rings. The topological polar surface area (TPSA) is 85.4 Å². The second kappa shape index (κ2) is 4.82. The Bertz CT molecular complexity index is 589. The summed E-state index contributed by atoms with van der Waals surface area (Å²) in [7, 11) is -4.16. The first-order valence-corrected chi connectivity index (χ1v) is 7.53.